The van der Waals surface area contributed by atoms with Gasteiger partial charge in [-0.1, -0.05) is 24.3 Å². The summed E-state index contributed by atoms with van der Waals surface area (Å²) in [6.07, 6.45) is 2.57. The van der Waals surface area contributed by atoms with Crippen molar-refractivity contribution in [1.29, 1.82) is 0 Å². The Balaban J connectivity index is 1.58. The highest BCUT2D eigenvalue weighted by molar-refractivity contribution is 5.97. The third-order valence-corrected chi connectivity index (χ3v) is 5.19. The van der Waals surface area contributed by atoms with Crippen molar-refractivity contribution in [3.05, 3.63) is 65.5 Å². The molecule has 2 aromatic rings. The van der Waals surface area contributed by atoms with Gasteiger partial charge in [-0.2, -0.15) is 0 Å². The van der Waals surface area contributed by atoms with Gasteiger partial charge in [0, 0.05) is 18.3 Å². The number of benzene rings is 2. The zero-order valence-corrected chi connectivity index (χ0v) is 16.2. The summed E-state index contributed by atoms with van der Waals surface area (Å²) in [4.78, 5) is 25.7. The molecule has 2 N–H and O–H groups in total. The van der Waals surface area contributed by atoms with Crippen molar-refractivity contribution >= 4 is 17.5 Å². The molecular formula is C22H26FN3O2. The van der Waals surface area contributed by atoms with Crippen LogP contribution in [0.5, 0.6) is 0 Å². The molecule has 1 aliphatic heterocycles. The number of urea groups is 1. The number of Topliss-reactive ketones (excluding diaryl/α,β-unsaturated/α-hetero) is 1. The maximum Gasteiger partial charge on any atom is 0.322 e. The fourth-order valence-corrected chi connectivity index (χ4v) is 3.54. The number of anilines is 1. The minimum absolute atomic E-state index is 0.0340. The van der Waals surface area contributed by atoms with E-state index >= 15 is 0 Å². The van der Waals surface area contributed by atoms with Gasteiger partial charge in [-0.25, -0.2) is 9.18 Å². The highest BCUT2D eigenvalue weighted by Crippen LogP contribution is 2.21. The van der Waals surface area contributed by atoms with Crippen LogP contribution in [0.2, 0.25) is 0 Å². The lowest BCUT2D eigenvalue weighted by Gasteiger charge is -2.32. The largest absolute Gasteiger partial charge is 0.322 e. The second kappa shape index (κ2) is 8.97. The second-order valence-electron chi connectivity index (χ2n) is 7.34. The number of nitrogens with one attached hydrogen (secondary N) is 2. The molecule has 0 spiro atoms. The van der Waals surface area contributed by atoms with Gasteiger partial charge in [0.2, 0.25) is 0 Å². The lowest BCUT2D eigenvalue weighted by Crippen LogP contribution is -2.53. The second-order valence-corrected chi connectivity index (χ2v) is 7.34. The van der Waals surface area contributed by atoms with E-state index in [1.54, 1.807) is 31.3 Å². The topological polar surface area (TPSA) is 61.4 Å². The third-order valence-electron chi connectivity index (χ3n) is 5.19. The molecule has 0 radical (unpaired) electrons. The first-order valence-electron chi connectivity index (χ1n) is 9.55. The molecule has 1 fully saturated rings. The molecule has 6 heteroatoms. The number of halogens is 1. The van der Waals surface area contributed by atoms with Gasteiger partial charge < -0.3 is 5.32 Å². The number of carbonyl (C=O) groups is 2. The molecule has 28 heavy (non-hydrogen) atoms. The molecule has 1 heterocycles. The molecule has 1 saturated heterocycles. The van der Waals surface area contributed by atoms with Crippen LogP contribution in [0.3, 0.4) is 0 Å². The van der Waals surface area contributed by atoms with E-state index in [0.29, 0.717) is 17.2 Å². The van der Waals surface area contributed by atoms with Crippen molar-refractivity contribution in [2.45, 2.75) is 32.4 Å². The van der Waals surface area contributed by atoms with Crippen LogP contribution in [0, 0.1) is 11.7 Å². The quantitative estimate of drug-likeness (QED) is 0.773. The Morgan fingerprint density at radius 1 is 1.21 bits per heavy atom. The first-order valence-corrected chi connectivity index (χ1v) is 9.55. The molecule has 2 atom stereocenters. The lowest BCUT2D eigenvalue weighted by molar-refractivity contribution is 0.101. The van der Waals surface area contributed by atoms with Crippen LogP contribution in [-0.2, 0) is 6.42 Å². The van der Waals surface area contributed by atoms with E-state index in [4.69, 9.17) is 0 Å². The van der Waals surface area contributed by atoms with Crippen LogP contribution < -0.4 is 15.5 Å². The number of amides is 2. The predicted octanol–water partition coefficient (Wildman–Crippen LogP) is 3.74. The summed E-state index contributed by atoms with van der Waals surface area (Å²) < 4.78 is 13.1. The number of rotatable bonds is 5. The molecule has 2 aromatic carbocycles. The summed E-state index contributed by atoms with van der Waals surface area (Å²) in [5.74, 6) is 0.160. The van der Waals surface area contributed by atoms with Gasteiger partial charge in [0.25, 0.3) is 0 Å². The summed E-state index contributed by atoms with van der Waals surface area (Å²) in [7, 11) is 1.69. The van der Waals surface area contributed by atoms with Crippen LogP contribution in [-0.4, -0.2) is 31.6 Å². The molecule has 148 valence electrons. The Morgan fingerprint density at radius 3 is 2.68 bits per heavy atom. The van der Waals surface area contributed by atoms with Gasteiger partial charge in [-0.05, 0) is 68.5 Å². The fraction of sp³-hybridized carbons (Fsp3) is 0.364. The molecule has 3 rings (SSSR count). The normalized spacial score (nSPS) is 19.1. The van der Waals surface area contributed by atoms with Crippen molar-refractivity contribution in [2.75, 3.05) is 18.5 Å². The molecule has 0 unspecified atom stereocenters. The molecule has 0 aromatic heterocycles. The van der Waals surface area contributed by atoms with Crippen molar-refractivity contribution in [1.82, 2.24) is 10.6 Å². The molecule has 2 amide bonds. The summed E-state index contributed by atoms with van der Waals surface area (Å²) in [5.41, 5.74) is 2.35. The monoisotopic (exact) mass is 383 g/mol. The van der Waals surface area contributed by atoms with Crippen molar-refractivity contribution in [2.24, 2.45) is 5.92 Å². The first-order chi connectivity index (χ1) is 13.4. The summed E-state index contributed by atoms with van der Waals surface area (Å²) in [5, 5.41) is 6.36. The Morgan fingerprint density at radius 2 is 1.96 bits per heavy atom. The number of nitrogens with zero attached hydrogens (tertiary/aromatic N) is 1. The highest BCUT2D eigenvalue weighted by atomic mass is 19.1. The van der Waals surface area contributed by atoms with Crippen LogP contribution in [0.4, 0.5) is 14.9 Å². The maximum absolute atomic E-state index is 13.1. The molecule has 1 aliphatic rings. The first kappa shape index (κ1) is 20.0. The van der Waals surface area contributed by atoms with Gasteiger partial charge >= 0.3 is 6.03 Å². The van der Waals surface area contributed by atoms with Gasteiger partial charge in [0.15, 0.2) is 5.78 Å². The Bertz CT molecular complexity index is 838. The molecule has 0 aliphatic carbocycles. The SMILES string of the molecule is CC(=O)c1cccc(N(C)C(=O)N[C@H]2C[C@@H](Cc3ccc(F)cc3)CCN2)c1. The van der Waals surface area contributed by atoms with Crippen LogP contribution in [0.15, 0.2) is 48.5 Å². The average Bonchev–Trinajstić information content (AvgIpc) is 2.69. The van der Waals surface area contributed by atoms with E-state index in [1.807, 2.05) is 12.1 Å². The van der Waals surface area contributed by atoms with Crippen molar-refractivity contribution in [3.8, 4) is 0 Å². The average molecular weight is 383 g/mol. The minimum Gasteiger partial charge on any atom is -0.322 e. The lowest BCUT2D eigenvalue weighted by atomic mass is 9.89. The van der Waals surface area contributed by atoms with E-state index in [2.05, 4.69) is 10.6 Å². The van der Waals surface area contributed by atoms with E-state index in [1.165, 1.54) is 24.0 Å². The van der Waals surface area contributed by atoms with Crippen LogP contribution >= 0.6 is 0 Å². The zero-order chi connectivity index (χ0) is 20.1. The third kappa shape index (κ3) is 5.16. The predicted molar refractivity (Wildman–Crippen MR) is 108 cm³/mol. The van der Waals surface area contributed by atoms with Crippen LogP contribution in [0.1, 0.15) is 35.7 Å². The van der Waals surface area contributed by atoms with E-state index in [-0.39, 0.29) is 23.8 Å². The fourth-order valence-electron chi connectivity index (χ4n) is 3.54. The standard InChI is InChI=1S/C22H26FN3O2/c1-15(27)18-4-3-5-20(14-18)26(2)22(28)25-21-13-17(10-11-24-21)12-16-6-8-19(23)9-7-16/h3-9,14,17,21,24H,10-13H2,1-2H3,(H,25,28)/t17-,21+/m1/s1. The minimum atomic E-state index is -0.226. The Kier molecular flexibility index (Phi) is 6.41. The summed E-state index contributed by atoms with van der Waals surface area (Å²) in [6.45, 7) is 2.33. The smallest absolute Gasteiger partial charge is 0.322 e. The molecular weight excluding hydrogens is 357 g/mol. The van der Waals surface area contributed by atoms with Gasteiger partial charge in [0.1, 0.15) is 5.82 Å². The Hall–Kier alpha value is -2.73. The number of hydrogen-bond donors (Lipinski definition) is 2. The number of carbonyl (C=O) groups excluding carboxylic acids is 2. The zero-order valence-electron chi connectivity index (χ0n) is 16.2. The van der Waals surface area contributed by atoms with E-state index < -0.39 is 0 Å². The van der Waals surface area contributed by atoms with E-state index in [0.717, 1.165) is 31.4 Å². The maximum atomic E-state index is 13.1. The van der Waals surface area contributed by atoms with E-state index in [9.17, 15) is 14.0 Å². The number of hydrogen-bond acceptors (Lipinski definition) is 3. The number of ketones is 1. The van der Waals surface area contributed by atoms with Gasteiger partial charge in [0.05, 0.1) is 6.17 Å². The van der Waals surface area contributed by atoms with Gasteiger partial charge in [-0.3, -0.25) is 15.0 Å². The number of piperidine rings is 1. The Labute approximate surface area is 164 Å². The van der Waals surface area contributed by atoms with Gasteiger partial charge in [-0.15, -0.1) is 0 Å². The molecule has 0 saturated carbocycles. The highest BCUT2D eigenvalue weighted by Gasteiger charge is 2.24. The van der Waals surface area contributed by atoms with Crippen molar-refractivity contribution in [3.63, 3.8) is 0 Å². The molecule has 5 nitrogen and oxygen atoms in total. The van der Waals surface area contributed by atoms with Crippen molar-refractivity contribution < 1.29 is 14.0 Å². The summed E-state index contributed by atoms with van der Waals surface area (Å²) >= 11 is 0. The van der Waals surface area contributed by atoms with Crippen LogP contribution in [0.25, 0.3) is 0 Å². The molecule has 0 bridgehead atoms. The summed E-state index contributed by atoms with van der Waals surface area (Å²) in [6, 6.07) is 13.4.